The molecule has 198 valence electrons. The molecule has 24 heteroatoms. The number of nitrogens with zero attached hydrogens (tertiary/aromatic N) is 1. The lowest BCUT2D eigenvalue weighted by Crippen LogP contribution is -2.37. The maximum absolute atomic E-state index is 11.4. The Kier molecular flexibility index (Phi) is 16.5. The van der Waals surface area contributed by atoms with Crippen LogP contribution in [0.15, 0.2) is 21.9 Å². The van der Waals surface area contributed by atoms with Gasteiger partial charge in [0.05, 0.1) is 6.61 Å². The van der Waals surface area contributed by atoms with Crippen LogP contribution in [0.2, 0.25) is 0 Å². The number of aliphatic hydroxyl groups excluding tert-OH is 3. The third-order valence-corrected chi connectivity index (χ3v) is 2.64. The quantitative estimate of drug-likeness (QED) is 0.150. The van der Waals surface area contributed by atoms with Gasteiger partial charge in [-0.3, -0.25) is 14.3 Å². The molecule has 0 bridgehead atoms. The molecule has 2 rings (SSSR count). The van der Waals surface area contributed by atoms with Gasteiger partial charge in [-0.15, -0.1) is 0 Å². The molecule has 1 aliphatic heterocycles. The Hall–Kier alpha value is -1.19. The molecule has 1 aromatic rings. The SMILES string of the molecule is O.O=P(O)(O)O.O=P(O)(O)O.O=P(O)(O)O.O=c1ccn([C@@H]2O[C@H](CO)[C@@H](O)[C@H]2O)c(=O)[nH]1. The third kappa shape index (κ3) is 22.4. The number of aromatic nitrogens is 2. The number of aromatic amines is 1. The first-order chi connectivity index (χ1) is 14.0. The summed E-state index contributed by atoms with van der Waals surface area (Å²) in [6.07, 6.45) is -3.58. The molecule has 0 spiro atoms. The molecular weight excluding hydrogens is 533 g/mol. The molecule has 4 atom stereocenters. The molecule has 0 radical (unpaired) electrons. The van der Waals surface area contributed by atoms with Crippen molar-refractivity contribution in [3.05, 3.63) is 33.1 Å². The molecule has 1 aromatic heterocycles. The molecule has 0 unspecified atom stereocenters. The van der Waals surface area contributed by atoms with Crippen LogP contribution in [0.5, 0.6) is 0 Å². The summed E-state index contributed by atoms with van der Waals surface area (Å²) in [5.41, 5.74) is -1.33. The fourth-order valence-corrected chi connectivity index (χ4v) is 1.74. The van der Waals surface area contributed by atoms with Gasteiger partial charge in [0.1, 0.15) is 18.3 Å². The predicted molar refractivity (Wildman–Crippen MR) is 101 cm³/mol. The van der Waals surface area contributed by atoms with Crippen molar-refractivity contribution in [2.24, 2.45) is 0 Å². The Balaban J connectivity index is -0.000000466. The molecule has 0 amide bonds. The van der Waals surface area contributed by atoms with Gasteiger partial charge >= 0.3 is 29.2 Å². The van der Waals surface area contributed by atoms with Gasteiger partial charge in [-0.2, -0.15) is 0 Å². The lowest BCUT2D eigenvalue weighted by atomic mass is 10.1. The van der Waals surface area contributed by atoms with E-state index in [1.165, 1.54) is 0 Å². The normalized spacial score (nSPS) is 22.3. The van der Waals surface area contributed by atoms with Gasteiger partial charge in [0.2, 0.25) is 0 Å². The van der Waals surface area contributed by atoms with Crippen LogP contribution >= 0.6 is 23.5 Å². The molecule has 0 saturated carbocycles. The highest BCUT2D eigenvalue weighted by atomic mass is 31.2. The van der Waals surface area contributed by atoms with Crippen molar-refractivity contribution < 1.29 is 83.3 Å². The van der Waals surface area contributed by atoms with E-state index in [1.54, 1.807) is 0 Å². The van der Waals surface area contributed by atoms with Gasteiger partial charge in [-0.05, 0) is 0 Å². The first-order valence-electron chi connectivity index (χ1n) is 7.33. The summed E-state index contributed by atoms with van der Waals surface area (Å²) in [6.45, 7) is -0.479. The Morgan fingerprint density at radius 2 is 1.21 bits per heavy atom. The Morgan fingerprint density at radius 3 is 1.48 bits per heavy atom. The first-order valence-corrected chi connectivity index (χ1v) is 12.0. The monoisotopic (exact) mass is 556 g/mol. The fourth-order valence-electron chi connectivity index (χ4n) is 1.74. The topological polar surface area (TPSA) is 390 Å². The number of hydrogen-bond acceptors (Lipinski definition) is 9. The van der Waals surface area contributed by atoms with Gasteiger partial charge in [0.15, 0.2) is 6.23 Å². The standard InChI is InChI=1S/C9H12N2O6.3H3O4P.H2O/c12-3-4-6(14)7(15)8(17-4)11-2-1-5(13)10-9(11)16;3*1-5(2,3)4;/h1-2,4,6-8,12,14-15H,3H2,(H,10,13,16);3*(H3,1,2,3,4);1H2/t4-,6-,7-,8-;;;;/m1..../s1. The van der Waals surface area contributed by atoms with Crippen molar-refractivity contribution >= 4 is 23.5 Å². The van der Waals surface area contributed by atoms with Crippen molar-refractivity contribution in [2.45, 2.75) is 24.5 Å². The maximum atomic E-state index is 11.4. The minimum atomic E-state index is -4.64. The lowest BCUT2D eigenvalue weighted by molar-refractivity contribution is -0.0550. The molecule has 1 fully saturated rings. The molecule has 1 saturated heterocycles. The third-order valence-electron chi connectivity index (χ3n) is 2.64. The number of aliphatic hydroxyl groups is 3. The summed E-state index contributed by atoms with van der Waals surface area (Å²) < 4.78 is 32.7. The summed E-state index contributed by atoms with van der Waals surface area (Å²) in [5.74, 6) is 0. The number of phosphoric acid groups is 3. The fraction of sp³-hybridized carbons (Fsp3) is 0.556. The van der Waals surface area contributed by atoms with Gasteiger partial charge < -0.3 is 69.6 Å². The van der Waals surface area contributed by atoms with E-state index in [1.807, 2.05) is 4.98 Å². The van der Waals surface area contributed by atoms with Crippen molar-refractivity contribution in [2.75, 3.05) is 6.61 Å². The summed E-state index contributed by atoms with van der Waals surface area (Å²) in [4.78, 5) is 89.0. The zero-order chi connectivity index (χ0) is 26.1. The number of hydrogen-bond donors (Lipinski definition) is 13. The van der Waals surface area contributed by atoms with Crippen LogP contribution < -0.4 is 11.2 Å². The van der Waals surface area contributed by atoms with E-state index in [4.69, 9.17) is 67.6 Å². The highest BCUT2D eigenvalue weighted by Crippen LogP contribution is 2.28. The summed E-state index contributed by atoms with van der Waals surface area (Å²) >= 11 is 0. The molecule has 0 aromatic carbocycles. The maximum Gasteiger partial charge on any atom is 0.466 e. The number of rotatable bonds is 2. The average Bonchev–Trinajstić information content (AvgIpc) is 2.78. The second kappa shape index (κ2) is 14.9. The highest BCUT2D eigenvalue weighted by Gasteiger charge is 2.43. The Morgan fingerprint density at radius 1 is 0.848 bits per heavy atom. The molecule has 1 aliphatic rings. The number of nitrogens with one attached hydrogen (secondary N) is 1. The highest BCUT2D eigenvalue weighted by molar-refractivity contribution is 7.45. The predicted octanol–water partition coefficient (Wildman–Crippen LogP) is -6.46. The van der Waals surface area contributed by atoms with Crippen LogP contribution in [0, 0.1) is 0 Å². The van der Waals surface area contributed by atoms with Crippen molar-refractivity contribution in [1.82, 2.24) is 9.55 Å². The van der Waals surface area contributed by atoms with Crippen LogP contribution in [-0.4, -0.2) is 99.3 Å². The van der Waals surface area contributed by atoms with Crippen LogP contribution in [0.4, 0.5) is 0 Å². The van der Waals surface area contributed by atoms with E-state index < -0.39 is 65.9 Å². The molecule has 33 heavy (non-hydrogen) atoms. The minimum Gasteiger partial charge on any atom is -0.412 e. The minimum absolute atomic E-state index is 0. The van der Waals surface area contributed by atoms with Gasteiger partial charge in [-0.25, -0.2) is 18.5 Å². The van der Waals surface area contributed by atoms with E-state index >= 15 is 0 Å². The first kappa shape index (κ1) is 36.4. The molecule has 21 nitrogen and oxygen atoms in total. The van der Waals surface area contributed by atoms with Crippen molar-refractivity contribution in [1.29, 1.82) is 0 Å². The summed E-state index contributed by atoms with van der Waals surface area (Å²) in [5, 5.41) is 28.1. The van der Waals surface area contributed by atoms with Crippen LogP contribution in [0.25, 0.3) is 0 Å². The van der Waals surface area contributed by atoms with E-state index in [0.717, 1.165) is 16.8 Å². The number of ether oxygens (including phenoxy) is 1. The van der Waals surface area contributed by atoms with E-state index in [9.17, 15) is 19.8 Å². The van der Waals surface area contributed by atoms with Gasteiger partial charge in [0, 0.05) is 12.3 Å². The summed E-state index contributed by atoms with van der Waals surface area (Å²) in [7, 11) is -13.9. The molecule has 0 aliphatic carbocycles. The van der Waals surface area contributed by atoms with Crippen molar-refractivity contribution in [3.63, 3.8) is 0 Å². The Bertz CT molecular complexity index is 870. The molecule has 2 heterocycles. The van der Waals surface area contributed by atoms with Gasteiger partial charge in [-0.1, -0.05) is 0 Å². The smallest absolute Gasteiger partial charge is 0.412 e. The van der Waals surface area contributed by atoms with Crippen molar-refractivity contribution in [3.8, 4) is 0 Å². The zero-order valence-electron chi connectivity index (χ0n) is 15.8. The van der Waals surface area contributed by atoms with Gasteiger partial charge in [0.25, 0.3) is 5.56 Å². The summed E-state index contributed by atoms with van der Waals surface area (Å²) in [6, 6.07) is 1.09. The Labute approximate surface area is 181 Å². The molecular formula is C9H23N2O19P3. The van der Waals surface area contributed by atoms with E-state index in [2.05, 4.69) is 0 Å². The largest absolute Gasteiger partial charge is 0.466 e. The number of H-pyrrole nitrogens is 1. The second-order valence-electron chi connectivity index (χ2n) is 5.29. The van der Waals surface area contributed by atoms with E-state index in [-0.39, 0.29) is 5.48 Å². The molecule has 15 N–H and O–H groups in total. The van der Waals surface area contributed by atoms with Crippen LogP contribution in [-0.2, 0) is 18.4 Å². The second-order valence-corrected chi connectivity index (χ2v) is 8.37. The van der Waals surface area contributed by atoms with Crippen LogP contribution in [0.3, 0.4) is 0 Å². The van der Waals surface area contributed by atoms with Crippen LogP contribution in [0.1, 0.15) is 6.23 Å². The lowest BCUT2D eigenvalue weighted by Gasteiger charge is -2.16. The average molecular weight is 556 g/mol. The zero-order valence-corrected chi connectivity index (χ0v) is 18.5. The van der Waals surface area contributed by atoms with E-state index in [0.29, 0.717) is 0 Å².